The third-order valence-corrected chi connectivity index (χ3v) is 3.50. The highest BCUT2D eigenvalue weighted by atomic mass is 16.5. The van der Waals surface area contributed by atoms with E-state index >= 15 is 0 Å². The van der Waals surface area contributed by atoms with Gasteiger partial charge in [0, 0.05) is 12.6 Å². The third kappa shape index (κ3) is 3.20. The standard InChI is InChI=1S/C12H21NO2/c1-9-4-5-10(7-9)13-12(14)8-11-3-2-6-15-11/h9-11H,2-8H2,1H3,(H,13,14). The van der Waals surface area contributed by atoms with Crippen molar-refractivity contribution < 1.29 is 9.53 Å². The van der Waals surface area contributed by atoms with Crippen LogP contribution in [0.3, 0.4) is 0 Å². The number of carbonyl (C=O) groups excluding carboxylic acids is 1. The summed E-state index contributed by atoms with van der Waals surface area (Å²) in [5.74, 6) is 0.957. The summed E-state index contributed by atoms with van der Waals surface area (Å²) in [6, 6.07) is 0.425. The van der Waals surface area contributed by atoms with Crippen molar-refractivity contribution in [1.82, 2.24) is 5.32 Å². The van der Waals surface area contributed by atoms with Crippen LogP contribution in [0.4, 0.5) is 0 Å². The van der Waals surface area contributed by atoms with Crippen LogP contribution in [0.15, 0.2) is 0 Å². The Hall–Kier alpha value is -0.570. The lowest BCUT2D eigenvalue weighted by molar-refractivity contribution is -0.123. The first kappa shape index (κ1) is 10.9. The molecule has 2 fully saturated rings. The van der Waals surface area contributed by atoms with Gasteiger partial charge in [0.25, 0.3) is 0 Å². The van der Waals surface area contributed by atoms with Gasteiger partial charge in [0.1, 0.15) is 0 Å². The Bertz CT molecular complexity index is 224. The summed E-state index contributed by atoms with van der Waals surface area (Å²) in [4.78, 5) is 11.7. The molecule has 86 valence electrons. The molecule has 3 nitrogen and oxygen atoms in total. The monoisotopic (exact) mass is 211 g/mol. The molecule has 3 atom stereocenters. The van der Waals surface area contributed by atoms with Gasteiger partial charge in [0.15, 0.2) is 0 Å². The summed E-state index contributed by atoms with van der Waals surface area (Å²) < 4.78 is 5.45. The van der Waals surface area contributed by atoms with Crippen LogP contribution in [0.5, 0.6) is 0 Å². The SMILES string of the molecule is CC1CCC(NC(=O)CC2CCCO2)C1. The van der Waals surface area contributed by atoms with E-state index in [9.17, 15) is 4.79 Å². The Kier molecular flexibility index (Phi) is 3.62. The fourth-order valence-corrected chi connectivity index (χ4v) is 2.64. The molecule has 2 aliphatic rings. The predicted molar refractivity (Wildman–Crippen MR) is 58.5 cm³/mol. The fourth-order valence-electron chi connectivity index (χ4n) is 2.64. The van der Waals surface area contributed by atoms with Gasteiger partial charge in [0.2, 0.25) is 5.91 Å². The van der Waals surface area contributed by atoms with Crippen molar-refractivity contribution >= 4 is 5.91 Å². The van der Waals surface area contributed by atoms with Gasteiger partial charge >= 0.3 is 0 Å². The zero-order chi connectivity index (χ0) is 10.7. The summed E-state index contributed by atoms with van der Waals surface area (Å²) >= 11 is 0. The number of hydrogen-bond acceptors (Lipinski definition) is 2. The summed E-state index contributed by atoms with van der Waals surface area (Å²) in [5.41, 5.74) is 0. The molecule has 3 heteroatoms. The molecule has 3 unspecified atom stereocenters. The average molecular weight is 211 g/mol. The number of hydrogen-bond donors (Lipinski definition) is 1. The number of rotatable bonds is 3. The molecule has 1 aliphatic heterocycles. The minimum atomic E-state index is 0.181. The summed E-state index contributed by atoms with van der Waals surface area (Å²) in [5, 5.41) is 3.12. The zero-order valence-electron chi connectivity index (χ0n) is 9.50. The minimum absolute atomic E-state index is 0.181. The van der Waals surface area contributed by atoms with Crippen LogP contribution in [0.25, 0.3) is 0 Å². The second-order valence-corrected chi connectivity index (χ2v) is 5.02. The molecule has 0 bridgehead atoms. The van der Waals surface area contributed by atoms with Crippen LogP contribution in [-0.4, -0.2) is 24.7 Å². The predicted octanol–water partition coefficient (Wildman–Crippen LogP) is 1.86. The Morgan fingerprint density at radius 3 is 2.87 bits per heavy atom. The lowest BCUT2D eigenvalue weighted by Gasteiger charge is -2.14. The number of ether oxygens (including phenoxy) is 1. The Balaban J connectivity index is 1.67. The molecule has 1 saturated carbocycles. The first-order chi connectivity index (χ1) is 7.24. The van der Waals surface area contributed by atoms with Crippen molar-refractivity contribution in [3.63, 3.8) is 0 Å². The van der Waals surface area contributed by atoms with E-state index in [1.807, 2.05) is 0 Å². The van der Waals surface area contributed by atoms with E-state index in [0.717, 1.165) is 38.2 Å². The first-order valence-corrected chi connectivity index (χ1v) is 6.15. The molecule has 0 spiro atoms. The summed E-state index contributed by atoms with van der Waals surface area (Å²) in [6.07, 6.45) is 6.46. The van der Waals surface area contributed by atoms with E-state index in [4.69, 9.17) is 4.74 Å². The maximum atomic E-state index is 11.7. The van der Waals surface area contributed by atoms with Crippen molar-refractivity contribution in [2.24, 2.45) is 5.92 Å². The third-order valence-electron chi connectivity index (χ3n) is 3.50. The molecule has 1 aliphatic carbocycles. The second kappa shape index (κ2) is 4.97. The lowest BCUT2D eigenvalue weighted by atomic mass is 10.1. The van der Waals surface area contributed by atoms with E-state index in [2.05, 4.69) is 12.2 Å². The molecule has 0 radical (unpaired) electrons. The van der Waals surface area contributed by atoms with E-state index in [-0.39, 0.29) is 12.0 Å². The Labute approximate surface area is 91.6 Å². The van der Waals surface area contributed by atoms with Crippen molar-refractivity contribution in [2.75, 3.05) is 6.61 Å². The molecule has 2 rings (SSSR count). The molecular formula is C12H21NO2. The van der Waals surface area contributed by atoms with Crippen molar-refractivity contribution in [2.45, 2.75) is 57.6 Å². The Morgan fingerprint density at radius 2 is 2.27 bits per heavy atom. The largest absolute Gasteiger partial charge is 0.378 e. The van der Waals surface area contributed by atoms with E-state index in [1.54, 1.807) is 0 Å². The second-order valence-electron chi connectivity index (χ2n) is 5.02. The Morgan fingerprint density at radius 1 is 1.40 bits per heavy atom. The first-order valence-electron chi connectivity index (χ1n) is 6.15. The lowest BCUT2D eigenvalue weighted by Crippen LogP contribution is -2.34. The van der Waals surface area contributed by atoms with Gasteiger partial charge in [-0.15, -0.1) is 0 Å². The number of carbonyl (C=O) groups is 1. The van der Waals surface area contributed by atoms with Gasteiger partial charge in [0.05, 0.1) is 12.5 Å². The molecule has 1 heterocycles. The summed E-state index contributed by atoms with van der Waals surface area (Å²) in [6.45, 7) is 3.09. The topological polar surface area (TPSA) is 38.3 Å². The molecule has 0 aromatic rings. The fraction of sp³-hybridized carbons (Fsp3) is 0.917. The van der Waals surface area contributed by atoms with Gasteiger partial charge in [-0.05, 0) is 38.0 Å². The van der Waals surface area contributed by atoms with Crippen LogP contribution in [0, 0.1) is 5.92 Å². The van der Waals surface area contributed by atoms with Crippen LogP contribution in [-0.2, 0) is 9.53 Å². The van der Waals surface area contributed by atoms with Gasteiger partial charge < -0.3 is 10.1 Å². The van der Waals surface area contributed by atoms with E-state index in [0.29, 0.717) is 12.5 Å². The van der Waals surface area contributed by atoms with Crippen LogP contribution in [0.1, 0.15) is 45.4 Å². The maximum Gasteiger partial charge on any atom is 0.222 e. The van der Waals surface area contributed by atoms with Crippen LogP contribution >= 0.6 is 0 Å². The highest BCUT2D eigenvalue weighted by Gasteiger charge is 2.24. The molecule has 0 aromatic heterocycles. The quantitative estimate of drug-likeness (QED) is 0.773. The maximum absolute atomic E-state index is 11.7. The zero-order valence-corrected chi connectivity index (χ0v) is 9.50. The molecular weight excluding hydrogens is 190 g/mol. The van der Waals surface area contributed by atoms with Gasteiger partial charge in [-0.3, -0.25) is 4.79 Å². The van der Waals surface area contributed by atoms with E-state index in [1.165, 1.54) is 6.42 Å². The minimum Gasteiger partial charge on any atom is -0.378 e. The average Bonchev–Trinajstić information content (AvgIpc) is 2.77. The highest BCUT2D eigenvalue weighted by molar-refractivity contribution is 5.76. The molecule has 1 saturated heterocycles. The van der Waals surface area contributed by atoms with Crippen molar-refractivity contribution in [3.05, 3.63) is 0 Å². The van der Waals surface area contributed by atoms with Crippen molar-refractivity contribution in [1.29, 1.82) is 0 Å². The molecule has 0 aromatic carbocycles. The number of amides is 1. The summed E-state index contributed by atoms with van der Waals surface area (Å²) in [7, 11) is 0. The normalized spacial score (nSPS) is 35.7. The number of nitrogens with one attached hydrogen (secondary N) is 1. The van der Waals surface area contributed by atoms with E-state index < -0.39 is 0 Å². The smallest absolute Gasteiger partial charge is 0.222 e. The molecule has 1 amide bonds. The van der Waals surface area contributed by atoms with Crippen LogP contribution < -0.4 is 5.32 Å². The van der Waals surface area contributed by atoms with Gasteiger partial charge in [-0.1, -0.05) is 6.92 Å². The molecule has 1 N–H and O–H groups in total. The highest BCUT2D eigenvalue weighted by Crippen LogP contribution is 2.25. The van der Waals surface area contributed by atoms with Crippen LogP contribution in [0.2, 0.25) is 0 Å². The van der Waals surface area contributed by atoms with Gasteiger partial charge in [-0.2, -0.15) is 0 Å². The molecule has 15 heavy (non-hydrogen) atoms. The van der Waals surface area contributed by atoms with Gasteiger partial charge in [-0.25, -0.2) is 0 Å². The van der Waals surface area contributed by atoms with Crippen molar-refractivity contribution in [3.8, 4) is 0 Å².